The Morgan fingerprint density at radius 2 is 2.24 bits per heavy atom. The van der Waals surface area contributed by atoms with Crippen LogP contribution in [0.4, 0.5) is 0 Å². The van der Waals surface area contributed by atoms with E-state index < -0.39 is 12.0 Å². The van der Waals surface area contributed by atoms with Gasteiger partial charge in [-0.25, -0.2) is 0 Å². The highest BCUT2D eigenvalue weighted by molar-refractivity contribution is 9.10. The monoisotopic (exact) mass is 315 g/mol. The van der Waals surface area contributed by atoms with E-state index in [9.17, 15) is 4.79 Å². The van der Waals surface area contributed by atoms with Crippen LogP contribution in [0.3, 0.4) is 0 Å². The van der Waals surface area contributed by atoms with E-state index in [-0.39, 0.29) is 4.87 Å². The zero-order valence-corrected chi connectivity index (χ0v) is 11.8. The summed E-state index contributed by atoms with van der Waals surface area (Å²) in [5.41, 5.74) is 1.21. The van der Waals surface area contributed by atoms with Crippen LogP contribution in [0.5, 0.6) is 0 Å². The highest BCUT2D eigenvalue weighted by Gasteiger charge is 2.38. The molecule has 2 atom stereocenters. The van der Waals surface area contributed by atoms with Crippen LogP contribution in [0, 0.1) is 0 Å². The van der Waals surface area contributed by atoms with Crippen molar-refractivity contribution < 1.29 is 9.90 Å². The average molecular weight is 316 g/mol. The Bertz CT molecular complexity index is 423. The fourth-order valence-corrected chi connectivity index (χ4v) is 3.47. The van der Waals surface area contributed by atoms with Crippen molar-refractivity contribution in [3.05, 3.63) is 34.3 Å². The minimum absolute atomic E-state index is 0.184. The summed E-state index contributed by atoms with van der Waals surface area (Å²) >= 11 is 5.08. The number of hydrogen-bond donors (Lipinski definition) is 2. The van der Waals surface area contributed by atoms with Gasteiger partial charge in [0, 0.05) is 10.2 Å². The molecule has 0 amide bonds. The molecule has 92 valence electrons. The molecule has 1 aliphatic rings. The van der Waals surface area contributed by atoms with E-state index in [1.54, 1.807) is 11.8 Å². The van der Waals surface area contributed by atoms with Gasteiger partial charge in [-0.05, 0) is 31.0 Å². The van der Waals surface area contributed by atoms with Crippen molar-refractivity contribution in [2.45, 2.75) is 24.3 Å². The second-order valence-corrected chi connectivity index (χ2v) is 6.82. The number of halogens is 1. The first-order chi connectivity index (χ1) is 7.98. The number of rotatable bonds is 3. The molecule has 1 aromatic carbocycles. The molecule has 17 heavy (non-hydrogen) atoms. The van der Waals surface area contributed by atoms with E-state index in [4.69, 9.17) is 5.11 Å². The van der Waals surface area contributed by atoms with Gasteiger partial charge in [-0.3, -0.25) is 10.1 Å². The van der Waals surface area contributed by atoms with Gasteiger partial charge in [0.1, 0.15) is 6.04 Å². The summed E-state index contributed by atoms with van der Waals surface area (Å²) in [4.78, 5) is 10.7. The minimum Gasteiger partial charge on any atom is -0.480 e. The topological polar surface area (TPSA) is 49.3 Å². The molecule has 5 heteroatoms. The number of thioether (sulfide) groups is 1. The molecule has 0 aromatic heterocycles. The molecule has 1 aromatic rings. The second kappa shape index (κ2) is 5.00. The molecule has 0 saturated carbocycles. The summed E-state index contributed by atoms with van der Waals surface area (Å²) in [5.74, 6) is -0.139. The molecular formula is C12H14BrNO2S. The lowest BCUT2D eigenvalue weighted by atomic mass is 10.1. The molecule has 0 spiro atoms. The van der Waals surface area contributed by atoms with E-state index in [0.29, 0.717) is 5.75 Å². The van der Waals surface area contributed by atoms with Gasteiger partial charge < -0.3 is 5.11 Å². The molecule has 0 bridgehead atoms. The van der Waals surface area contributed by atoms with Crippen LogP contribution < -0.4 is 5.32 Å². The minimum atomic E-state index is -0.767. The highest BCUT2D eigenvalue weighted by Crippen LogP contribution is 2.33. The van der Waals surface area contributed by atoms with Gasteiger partial charge >= 0.3 is 5.97 Å². The fourth-order valence-electron chi connectivity index (χ4n) is 1.95. The van der Waals surface area contributed by atoms with Crippen molar-refractivity contribution in [3.8, 4) is 0 Å². The highest BCUT2D eigenvalue weighted by atomic mass is 79.9. The Morgan fingerprint density at radius 1 is 1.59 bits per heavy atom. The van der Waals surface area contributed by atoms with Crippen LogP contribution >= 0.6 is 27.7 Å². The molecule has 1 heterocycles. The standard InChI is InChI=1S/C12H14BrNO2S/c1-12(14-10(7-17-12)11(15)16)6-8-2-4-9(13)5-3-8/h2-5,10,14H,6-7H2,1H3,(H,15,16)/t10-,12?/m0/s1. The second-order valence-electron chi connectivity index (χ2n) is 4.38. The Labute approximate surface area is 113 Å². The van der Waals surface area contributed by atoms with Crippen LogP contribution in [-0.2, 0) is 11.2 Å². The zero-order valence-electron chi connectivity index (χ0n) is 9.44. The number of nitrogens with one attached hydrogen (secondary N) is 1. The van der Waals surface area contributed by atoms with E-state index in [0.717, 1.165) is 10.9 Å². The maximum absolute atomic E-state index is 10.9. The molecule has 1 saturated heterocycles. The zero-order chi connectivity index (χ0) is 12.5. The average Bonchev–Trinajstić information content (AvgIpc) is 2.65. The first-order valence-electron chi connectivity index (χ1n) is 5.37. The van der Waals surface area contributed by atoms with Crippen LogP contribution in [0.1, 0.15) is 12.5 Å². The number of carboxylic acids is 1. The van der Waals surface area contributed by atoms with E-state index >= 15 is 0 Å². The largest absolute Gasteiger partial charge is 0.480 e. The maximum Gasteiger partial charge on any atom is 0.321 e. The third-order valence-corrected chi connectivity index (χ3v) is 4.73. The SMILES string of the molecule is CC1(Cc2ccc(Br)cc2)N[C@H](C(=O)O)CS1. The summed E-state index contributed by atoms with van der Waals surface area (Å²) in [6.07, 6.45) is 0.828. The predicted octanol–water partition coefficient (Wildman–Crippen LogP) is 2.50. The number of carboxylic acid groups (broad SMARTS) is 1. The van der Waals surface area contributed by atoms with Crippen LogP contribution in [0.2, 0.25) is 0 Å². The van der Waals surface area contributed by atoms with Crippen molar-refractivity contribution in [1.82, 2.24) is 5.32 Å². The number of aliphatic carboxylic acids is 1. The van der Waals surface area contributed by atoms with Crippen molar-refractivity contribution in [2.75, 3.05) is 5.75 Å². The fraction of sp³-hybridized carbons (Fsp3) is 0.417. The van der Waals surface area contributed by atoms with Crippen molar-refractivity contribution >= 4 is 33.7 Å². The lowest BCUT2D eigenvalue weighted by Gasteiger charge is -2.24. The summed E-state index contributed by atoms with van der Waals surface area (Å²) in [6.45, 7) is 2.06. The summed E-state index contributed by atoms with van der Waals surface area (Å²) < 4.78 is 1.06. The van der Waals surface area contributed by atoms with E-state index in [1.807, 2.05) is 12.1 Å². The first-order valence-corrected chi connectivity index (χ1v) is 7.15. The number of carbonyl (C=O) groups is 1. The number of hydrogen-bond acceptors (Lipinski definition) is 3. The van der Waals surface area contributed by atoms with Gasteiger partial charge in [0.2, 0.25) is 0 Å². The van der Waals surface area contributed by atoms with Gasteiger partial charge in [0.15, 0.2) is 0 Å². The van der Waals surface area contributed by atoms with Crippen LogP contribution in [0.15, 0.2) is 28.7 Å². The number of benzene rings is 1. The quantitative estimate of drug-likeness (QED) is 0.899. The molecule has 1 fully saturated rings. The molecule has 2 rings (SSSR count). The lowest BCUT2D eigenvalue weighted by molar-refractivity contribution is -0.138. The van der Waals surface area contributed by atoms with Crippen molar-refractivity contribution in [1.29, 1.82) is 0 Å². The van der Waals surface area contributed by atoms with Crippen LogP contribution in [0.25, 0.3) is 0 Å². The molecular weight excluding hydrogens is 302 g/mol. The van der Waals surface area contributed by atoms with E-state index in [1.165, 1.54) is 5.56 Å². The first kappa shape index (κ1) is 12.9. The summed E-state index contributed by atoms with van der Waals surface area (Å²) in [6, 6.07) is 7.71. The third kappa shape index (κ3) is 3.24. The predicted molar refractivity (Wildman–Crippen MR) is 73.3 cm³/mol. The van der Waals surface area contributed by atoms with Gasteiger partial charge in [0.25, 0.3) is 0 Å². The lowest BCUT2D eigenvalue weighted by Crippen LogP contribution is -2.44. The van der Waals surface area contributed by atoms with Crippen LogP contribution in [-0.4, -0.2) is 27.7 Å². The van der Waals surface area contributed by atoms with Gasteiger partial charge in [-0.15, -0.1) is 11.8 Å². The normalized spacial score (nSPS) is 28.2. The Hall–Kier alpha value is -0.520. The van der Waals surface area contributed by atoms with Gasteiger partial charge in [-0.2, -0.15) is 0 Å². The van der Waals surface area contributed by atoms with Gasteiger partial charge in [0.05, 0.1) is 4.87 Å². The summed E-state index contributed by atoms with van der Waals surface area (Å²) in [5, 5.41) is 12.1. The molecule has 2 N–H and O–H groups in total. The Balaban J connectivity index is 2.04. The van der Waals surface area contributed by atoms with Gasteiger partial charge in [-0.1, -0.05) is 28.1 Å². The Kier molecular flexibility index (Phi) is 3.80. The smallest absolute Gasteiger partial charge is 0.321 e. The molecule has 1 unspecified atom stereocenters. The molecule has 0 radical (unpaired) electrons. The maximum atomic E-state index is 10.9. The van der Waals surface area contributed by atoms with Crippen molar-refractivity contribution in [2.24, 2.45) is 0 Å². The molecule has 0 aliphatic carbocycles. The molecule has 3 nitrogen and oxygen atoms in total. The van der Waals surface area contributed by atoms with Crippen molar-refractivity contribution in [3.63, 3.8) is 0 Å². The molecule has 1 aliphatic heterocycles. The Morgan fingerprint density at radius 3 is 2.76 bits per heavy atom. The summed E-state index contributed by atoms with van der Waals surface area (Å²) in [7, 11) is 0. The van der Waals surface area contributed by atoms with E-state index in [2.05, 4.69) is 40.3 Å². The third-order valence-electron chi connectivity index (χ3n) is 2.80.